The van der Waals surface area contributed by atoms with Gasteiger partial charge >= 0.3 is 8.69 Å². The molecule has 0 amide bonds. The maximum Gasteiger partial charge on any atom is 0.491 e. The standard InChI is InChI=1S/CH2N2.HO2P/c1-2-3-1;1-3-2/h1H,(H,2,3);3H/p+1. The predicted octanol–water partition coefficient (Wildman–Crippen LogP) is -0.549. The highest BCUT2D eigenvalue weighted by Gasteiger charge is 1.71. The van der Waals surface area contributed by atoms with E-state index < -0.39 is 8.69 Å². The van der Waals surface area contributed by atoms with Crippen molar-refractivity contribution in [3.05, 3.63) is 0 Å². The van der Waals surface area contributed by atoms with E-state index in [2.05, 4.69) is 10.5 Å². The highest BCUT2D eigenvalue weighted by molar-refractivity contribution is 7.16. The van der Waals surface area contributed by atoms with Crippen molar-refractivity contribution in [2.75, 3.05) is 0 Å². The van der Waals surface area contributed by atoms with Gasteiger partial charge in [0, 0.05) is 0 Å². The highest BCUT2D eigenvalue weighted by atomic mass is 31.1. The van der Waals surface area contributed by atoms with Gasteiger partial charge in [0.2, 0.25) is 0 Å². The van der Waals surface area contributed by atoms with Crippen LogP contribution < -0.4 is 5.43 Å². The minimum Gasteiger partial charge on any atom is -0.265 e. The predicted molar refractivity (Wildman–Crippen MR) is 22.8 cm³/mol. The molecule has 1 atom stereocenters. The van der Waals surface area contributed by atoms with E-state index in [1.165, 1.54) is 0 Å². The molecule has 0 aromatic heterocycles. The molecule has 0 aromatic carbocycles. The number of hydrazone groups is 1. The van der Waals surface area contributed by atoms with Gasteiger partial charge in [0.15, 0.2) is 0 Å². The Morgan fingerprint density at radius 1 is 2.00 bits per heavy atom. The molecule has 0 aromatic rings. The van der Waals surface area contributed by atoms with Crippen LogP contribution in [0.2, 0.25) is 0 Å². The van der Waals surface area contributed by atoms with Gasteiger partial charge in [0.05, 0.1) is 0 Å². The van der Waals surface area contributed by atoms with Gasteiger partial charge in [-0.3, -0.25) is 5.43 Å². The molecule has 0 spiro atoms. The van der Waals surface area contributed by atoms with Crippen LogP contribution in [-0.4, -0.2) is 11.2 Å². The number of nitrogens with one attached hydrogen (secondary N) is 1. The van der Waals surface area contributed by atoms with Gasteiger partial charge in [-0.1, -0.05) is 0 Å². The number of nitrogens with zero attached hydrogens (tertiary/aromatic N) is 1. The molecule has 1 unspecified atom stereocenters. The molecular weight excluding hydrogens is 103 g/mol. The third-order valence-corrected chi connectivity index (χ3v) is 0.129. The lowest BCUT2D eigenvalue weighted by Gasteiger charge is -1.29. The molecule has 0 saturated carbocycles. The molecule has 0 saturated heterocycles. The molecule has 1 aliphatic rings. The highest BCUT2D eigenvalue weighted by Crippen LogP contribution is 1.66. The summed E-state index contributed by atoms with van der Waals surface area (Å²) in [6.45, 7) is 0. The first-order valence-corrected chi connectivity index (χ1v) is 2.05. The van der Waals surface area contributed by atoms with Crippen molar-refractivity contribution in [2.24, 2.45) is 5.10 Å². The molecule has 2 N–H and O–H groups in total. The molecule has 1 aliphatic heterocycles. The summed E-state index contributed by atoms with van der Waals surface area (Å²) in [4.78, 5) is 7.04. The Kier molecular flexibility index (Phi) is 4.18. The second kappa shape index (κ2) is 4.53. The van der Waals surface area contributed by atoms with Crippen molar-refractivity contribution in [2.45, 2.75) is 0 Å². The molecule has 0 fully saturated rings. The minimum atomic E-state index is -1.17. The summed E-state index contributed by atoms with van der Waals surface area (Å²) in [5.74, 6) is 0. The minimum absolute atomic E-state index is 1.17. The van der Waals surface area contributed by atoms with Crippen LogP contribution in [0.4, 0.5) is 0 Å². The number of hydrogen-bond donors (Lipinski definition) is 2. The number of rotatable bonds is 0. The molecule has 1 rings (SSSR count). The lowest BCUT2D eigenvalue weighted by molar-refractivity contribution is 0.524. The summed E-state index contributed by atoms with van der Waals surface area (Å²) < 4.78 is 8.51. The average molecular weight is 107 g/mol. The van der Waals surface area contributed by atoms with Crippen LogP contribution >= 0.6 is 8.69 Å². The van der Waals surface area contributed by atoms with Gasteiger partial charge < -0.3 is 0 Å². The Labute approximate surface area is 36.2 Å². The van der Waals surface area contributed by atoms with E-state index in [0.717, 1.165) is 0 Å². The monoisotopic (exact) mass is 107 g/mol. The van der Waals surface area contributed by atoms with Crippen LogP contribution in [0.25, 0.3) is 0 Å². The average Bonchev–Trinajstić information content (AvgIpc) is 2.11. The van der Waals surface area contributed by atoms with Crippen LogP contribution in [0.3, 0.4) is 0 Å². The Balaban J connectivity index is 0.0000000833. The second-order valence-electron chi connectivity index (χ2n) is 0.479. The molecule has 6 heavy (non-hydrogen) atoms. The largest absolute Gasteiger partial charge is 0.491 e. The lowest BCUT2D eigenvalue weighted by atomic mass is 11.6. The van der Waals surface area contributed by atoms with Crippen LogP contribution in [0.15, 0.2) is 5.10 Å². The zero-order valence-electron chi connectivity index (χ0n) is 2.88. The van der Waals surface area contributed by atoms with Crippen LogP contribution in [0.5, 0.6) is 0 Å². The molecule has 34 valence electrons. The van der Waals surface area contributed by atoms with Crippen molar-refractivity contribution in [1.82, 2.24) is 5.43 Å². The summed E-state index contributed by atoms with van der Waals surface area (Å²) in [5.41, 5.74) is 2.50. The lowest BCUT2D eigenvalue weighted by Crippen LogP contribution is -1.61. The van der Waals surface area contributed by atoms with Gasteiger partial charge in [-0.25, -0.2) is 0 Å². The molecule has 0 aliphatic carbocycles. The van der Waals surface area contributed by atoms with E-state index >= 15 is 0 Å². The normalized spacial score (nSPS) is 11.5. The van der Waals surface area contributed by atoms with Crippen LogP contribution in [0, 0.1) is 0 Å². The Bertz CT molecular complexity index is 58.6. The van der Waals surface area contributed by atoms with Crippen molar-refractivity contribution in [3.8, 4) is 0 Å². The summed E-state index contributed by atoms with van der Waals surface area (Å²) in [6, 6.07) is 0. The molecule has 0 radical (unpaired) electrons. The maximum atomic E-state index is 8.51. The van der Waals surface area contributed by atoms with Gasteiger partial charge in [0.25, 0.3) is 0 Å². The van der Waals surface area contributed by atoms with Gasteiger partial charge in [-0.2, -0.15) is 9.99 Å². The fraction of sp³-hybridized carbons (Fsp3) is 0. The fourth-order valence-corrected chi connectivity index (χ4v) is 0. The first-order valence-electron chi connectivity index (χ1n) is 1.20. The Morgan fingerprint density at radius 2 is 2.17 bits per heavy atom. The van der Waals surface area contributed by atoms with Crippen molar-refractivity contribution < 1.29 is 9.46 Å². The zero-order valence-corrected chi connectivity index (χ0v) is 3.88. The van der Waals surface area contributed by atoms with E-state index in [1.54, 1.807) is 6.34 Å². The van der Waals surface area contributed by atoms with E-state index in [1.807, 2.05) is 0 Å². The van der Waals surface area contributed by atoms with Crippen molar-refractivity contribution in [1.29, 1.82) is 0 Å². The van der Waals surface area contributed by atoms with E-state index in [-0.39, 0.29) is 0 Å². The molecule has 5 heteroatoms. The topological polar surface area (TPSA) is 71.6 Å². The van der Waals surface area contributed by atoms with Crippen molar-refractivity contribution in [3.63, 3.8) is 0 Å². The summed E-state index contributed by atoms with van der Waals surface area (Å²) >= 11 is 0. The van der Waals surface area contributed by atoms with Gasteiger partial charge in [0.1, 0.15) is 6.34 Å². The summed E-state index contributed by atoms with van der Waals surface area (Å²) in [7, 11) is -1.17. The van der Waals surface area contributed by atoms with Crippen LogP contribution in [0.1, 0.15) is 0 Å². The van der Waals surface area contributed by atoms with Gasteiger partial charge in [-0.05, 0) is 4.57 Å². The van der Waals surface area contributed by atoms with E-state index in [4.69, 9.17) is 9.46 Å². The molecule has 4 nitrogen and oxygen atoms in total. The first-order chi connectivity index (χ1) is 2.91. The zero-order chi connectivity index (χ0) is 4.83. The maximum absolute atomic E-state index is 8.51. The first kappa shape index (κ1) is 5.53. The molecule has 0 bridgehead atoms. The molecule has 1 heterocycles. The smallest absolute Gasteiger partial charge is 0.265 e. The summed E-state index contributed by atoms with van der Waals surface area (Å²) in [5, 5.41) is 3.38. The molecular formula is CH4N2O2P+. The van der Waals surface area contributed by atoms with E-state index in [9.17, 15) is 0 Å². The Morgan fingerprint density at radius 3 is 2.17 bits per heavy atom. The fourth-order valence-electron chi connectivity index (χ4n) is 0. The third-order valence-electron chi connectivity index (χ3n) is 0.129. The summed E-state index contributed by atoms with van der Waals surface area (Å²) in [6.07, 6.45) is 1.62. The van der Waals surface area contributed by atoms with Crippen LogP contribution in [-0.2, 0) is 4.57 Å². The van der Waals surface area contributed by atoms with E-state index in [0.29, 0.717) is 0 Å². The quantitative estimate of drug-likeness (QED) is 0.408. The van der Waals surface area contributed by atoms with Gasteiger partial charge in [-0.15, -0.1) is 0 Å². The Hall–Kier alpha value is -0.470. The third kappa shape index (κ3) is 80.4. The van der Waals surface area contributed by atoms with Crippen molar-refractivity contribution >= 4 is 15.0 Å². The number of hydrogen-bond acceptors (Lipinski definition) is 3. The SMILES string of the molecule is C1=NN1.O=[PH+]O. The second-order valence-corrected chi connectivity index (χ2v) is 0.661.